The topological polar surface area (TPSA) is 78.4 Å². The summed E-state index contributed by atoms with van der Waals surface area (Å²) in [7, 11) is -3.22. The summed E-state index contributed by atoms with van der Waals surface area (Å²) in [4.78, 5) is 0. The average Bonchev–Trinajstić information content (AvgIpc) is 2.56. The maximum absolute atomic E-state index is 11.6. The van der Waals surface area contributed by atoms with Crippen LogP contribution in [0.4, 0.5) is 5.69 Å². The molecule has 0 radical (unpaired) electrons. The van der Waals surface area contributed by atoms with E-state index in [1.54, 1.807) is 6.92 Å². The Labute approximate surface area is 139 Å². The van der Waals surface area contributed by atoms with Crippen molar-refractivity contribution in [2.75, 3.05) is 17.1 Å². The Morgan fingerprint density at radius 3 is 2.30 bits per heavy atom. The molecule has 0 aromatic heterocycles. The molecule has 0 amide bonds. The normalized spacial score (nSPS) is 23.4. The first-order valence-corrected chi connectivity index (χ1v) is 10.1. The van der Waals surface area contributed by atoms with Crippen LogP contribution in [-0.2, 0) is 10.0 Å². The van der Waals surface area contributed by atoms with Crippen LogP contribution >= 0.6 is 0 Å². The van der Waals surface area contributed by atoms with Gasteiger partial charge in [-0.3, -0.25) is 4.72 Å². The SMILES string of the molecule is CCS(=O)(=O)Nc1ccc(C(C)NC2CCC(CO)CC2)cc1. The first-order valence-electron chi connectivity index (χ1n) is 8.41. The largest absolute Gasteiger partial charge is 0.396 e. The van der Waals surface area contributed by atoms with Gasteiger partial charge in [0.2, 0.25) is 10.0 Å². The van der Waals surface area contributed by atoms with E-state index in [0.717, 1.165) is 31.2 Å². The lowest BCUT2D eigenvalue weighted by Crippen LogP contribution is -2.35. The Kier molecular flexibility index (Phi) is 6.44. The number of benzene rings is 1. The number of nitrogens with one attached hydrogen (secondary N) is 2. The van der Waals surface area contributed by atoms with Crippen LogP contribution in [0.3, 0.4) is 0 Å². The molecule has 1 aliphatic carbocycles. The smallest absolute Gasteiger partial charge is 0.232 e. The van der Waals surface area contributed by atoms with E-state index in [-0.39, 0.29) is 11.8 Å². The highest BCUT2D eigenvalue weighted by Gasteiger charge is 2.21. The number of hydrogen-bond acceptors (Lipinski definition) is 4. The van der Waals surface area contributed by atoms with E-state index in [1.807, 2.05) is 24.3 Å². The molecule has 2 rings (SSSR count). The van der Waals surface area contributed by atoms with Crippen LogP contribution in [0.5, 0.6) is 0 Å². The standard InChI is InChI=1S/C17H28N2O3S/c1-3-23(21,22)19-17-10-6-15(7-11-17)13(2)18-16-8-4-14(12-20)5-9-16/h6-7,10-11,13-14,16,18-20H,3-5,8-9,12H2,1-2H3. The fraction of sp³-hybridized carbons (Fsp3) is 0.647. The third kappa shape index (κ3) is 5.48. The highest BCUT2D eigenvalue weighted by atomic mass is 32.2. The maximum atomic E-state index is 11.6. The fourth-order valence-electron chi connectivity index (χ4n) is 3.05. The molecule has 23 heavy (non-hydrogen) atoms. The minimum absolute atomic E-state index is 0.0726. The molecule has 1 fully saturated rings. The van der Waals surface area contributed by atoms with Crippen LogP contribution < -0.4 is 10.0 Å². The zero-order valence-corrected chi connectivity index (χ0v) is 14.8. The number of aliphatic hydroxyl groups excluding tert-OH is 1. The van der Waals surface area contributed by atoms with Crippen molar-refractivity contribution in [3.63, 3.8) is 0 Å². The van der Waals surface area contributed by atoms with Gasteiger partial charge in [0.25, 0.3) is 0 Å². The van der Waals surface area contributed by atoms with Crippen molar-refractivity contribution in [2.45, 2.75) is 51.6 Å². The number of aliphatic hydroxyl groups is 1. The molecule has 1 aromatic carbocycles. The first kappa shape index (κ1) is 18.2. The molecule has 1 saturated carbocycles. The molecule has 1 unspecified atom stereocenters. The summed E-state index contributed by atoms with van der Waals surface area (Å²) < 4.78 is 25.7. The summed E-state index contributed by atoms with van der Waals surface area (Å²) in [5.74, 6) is 0.540. The summed E-state index contributed by atoms with van der Waals surface area (Å²) in [6.07, 6.45) is 4.37. The Morgan fingerprint density at radius 2 is 1.78 bits per heavy atom. The van der Waals surface area contributed by atoms with E-state index in [9.17, 15) is 13.5 Å². The van der Waals surface area contributed by atoms with E-state index < -0.39 is 10.0 Å². The molecule has 3 N–H and O–H groups in total. The average molecular weight is 340 g/mol. The lowest BCUT2D eigenvalue weighted by atomic mass is 9.86. The predicted octanol–water partition coefficient (Wildman–Crippen LogP) is 2.65. The van der Waals surface area contributed by atoms with Gasteiger partial charge in [-0.25, -0.2) is 8.42 Å². The molecule has 130 valence electrons. The van der Waals surface area contributed by atoms with Gasteiger partial charge in [0.05, 0.1) is 5.75 Å². The van der Waals surface area contributed by atoms with Crippen molar-refractivity contribution in [3.05, 3.63) is 29.8 Å². The van der Waals surface area contributed by atoms with E-state index in [2.05, 4.69) is 17.0 Å². The van der Waals surface area contributed by atoms with Gasteiger partial charge < -0.3 is 10.4 Å². The number of rotatable bonds is 7. The minimum Gasteiger partial charge on any atom is -0.396 e. The number of sulfonamides is 1. The molecule has 0 heterocycles. The quantitative estimate of drug-likeness (QED) is 0.713. The molecule has 0 saturated heterocycles. The third-order valence-corrected chi connectivity index (χ3v) is 5.96. The minimum atomic E-state index is -3.22. The molecule has 1 aliphatic rings. The van der Waals surface area contributed by atoms with Gasteiger partial charge in [-0.2, -0.15) is 0 Å². The first-order chi connectivity index (χ1) is 10.9. The second-order valence-electron chi connectivity index (χ2n) is 6.42. The maximum Gasteiger partial charge on any atom is 0.232 e. The van der Waals surface area contributed by atoms with Gasteiger partial charge in [-0.05, 0) is 63.1 Å². The van der Waals surface area contributed by atoms with E-state index >= 15 is 0 Å². The zero-order valence-electron chi connectivity index (χ0n) is 14.0. The Morgan fingerprint density at radius 1 is 1.17 bits per heavy atom. The second-order valence-corrected chi connectivity index (χ2v) is 8.43. The number of anilines is 1. The van der Waals surface area contributed by atoms with Gasteiger partial charge in [-0.15, -0.1) is 0 Å². The van der Waals surface area contributed by atoms with Gasteiger partial charge in [0, 0.05) is 24.4 Å². The molecular formula is C17H28N2O3S. The highest BCUT2D eigenvalue weighted by molar-refractivity contribution is 7.92. The van der Waals surface area contributed by atoms with Crippen molar-refractivity contribution >= 4 is 15.7 Å². The van der Waals surface area contributed by atoms with Crippen LogP contribution in [0.2, 0.25) is 0 Å². The van der Waals surface area contributed by atoms with Crippen molar-refractivity contribution in [3.8, 4) is 0 Å². The van der Waals surface area contributed by atoms with Crippen molar-refractivity contribution < 1.29 is 13.5 Å². The summed E-state index contributed by atoms with van der Waals surface area (Å²) in [5, 5.41) is 12.8. The molecular weight excluding hydrogens is 312 g/mol. The fourth-order valence-corrected chi connectivity index (χ4v) is 3.69. The van der Waals surface area contributed by atoms with Crippen LogP contribution in [0.1, 0.15) is 51.1 Å². The van der Waals surface area contributed by atoms with Crippen molar-refractivity contribution in [2.24, 2.45) is 5.92 Å². The lowest BCUT2D eigenvalue weighted by Gasteiger charge is -2.30. The Hall–Kier alpha value is -1.11. The predicted molar refractivity (Wildman–Crippen MR) is 93.9 cm³/mol. The molecule has 0 spiro atoms. The van der Waals surface area contributed by atoms with Crippen molar-refractivity contribution in [1.82, 2.24) is 5.32 Å². The van der Waals surface area contributed by atoms with E-state index in [4.69, 9.17) is 0 Å². The van der Waals surface area contributed by atoms with Crippen LogP contribution in [0, 0.1) is 5.92 Å². The summed E-state index contributed by atoms with van der Waals surface area (Å²) in [6, 6.07) is 8.26. The number of hydrogen-bond donors (Lipinski definition) is 3. The van der Waals surface area contributed by atoms with Gasteiger partial charge in [-0.1, -0.05) is 12.1 Å². The van der Waals surface area contributed by atoms with Crippen LogP contribution in [-0.4, -0.2) is 31.9 Å². The molecule has 5 nitrogen and oxygen atoms in total. The van der Waals surface area contributed by atoms with Gasteiger partial charge in [0.1, 0.15) is 0 Å². The second kappa shape index (κ2) is 8.13. The molecule has 0 aliphatic heterocycles. The summed E-state index contributed by atoms with van der Waals surface area (Å²) in [5.41, 5.74) is 1.75. The van der Waals surface area contributed by atoms with Crippen LogP contribution in [0.25, 0.3) is 0 Å². The van der Waals surface area contributed by atoms with Gasteiger partial charge >= 0.3 is 0 Å². The zero-order chi connectivity index (χ0) is 16.9. The van der Waals surface area contributed by atoms with E-state index in [0.29, 0.717) is 24.3 Å². The monoisotopic (exact) mass is 340 g/mol. The highest BCUT2D eigenvalue weighted by Crippen LogP contribution is 2.26. The van der Waals surface area contributed by atoms with Gasteiger partial charge in [0.15, 0.2) is 0 Å². The Balaban J connectivity index is 1.89. The van der Waals surface area contributed by atoms with Crippen molar-refractivity contribution in [1.29, 1.82) is 0 Å². The third-order valence-electron chi connectivity index (χ3n) is 4.65. The molecule has 1 atom stereocenters. The summed E-state index contributed by atoms with van der Waals surface area (Å²) in [6.45, 7) is 4.05. The molecule has 0 bridgehead atoms. The van der Waals surface area contributed by atoms with Crippen LogP contribution in [0.15, 0.2) is 24.3 Å². The molecule has 1 aromatic rings. The summed E-state index contributed by atoms with van der Waals surface area (Å²) >= 11 is 0. The lowest BCUT2D eigenvalue weighted by molar-refractivity contribution is 0.172. The Bertz CT molecular complexity index is 578. The molecule has 6 heteroatoms. The van der Waals surface area contributed by atoms with E-state index in [1.165, 1.54) is 0 Å².